The lowest BCUT2D eigenvalue weighted by atomic mass is 10.1. The predicted octanol–water partition coefficient (Wildman–Crippen LogP) is 3.21. The van der Waals surface area contributed by atoms with Crippen LogP contribution in [0.15, 0.2) is 54.6 Å². The quantitative estimate of drug-likeness (QED) is 0.587. The van der Waals surface area contributed by atoms with Gasteiger partial charge in [-0.15, -0.1) is 0 Å². The number of carbonyl (C=O) groups excluding carboxylic acids is 2. The van der Waals surface area contributed by atoms with Crippen LogP contribution in [0.5, 0.6) is 5.75 Å². The van der Waals surface area contributed by atoms with Crippen molar-refractivity contribution in [3.05, 3.63) is 65.7 Å². The van der Waals surface area contributed by atoms with Gasteiger partial charge in [0.1, 0.15) is 11.6 Å². The molecule has 2 amide bonds. The number of ether oxygens (including phenoxy) is 1. The van der Waals surface area contributed by atoms with E-state index in [2.05, 4.69) is 15.6 Å². The highest BCUT2D eigenvalue weighted by Crippen LogP contribution is 2.24. The molecule has 2 N–H and O–H groups in total. The van der Waals surface area contributed by atoms with E-state index in [1.165, 1.54) is 4.90 Å². The molecule has 0 bridgehead atoms. The van der Waals surface area contributed by atoms with Gasteiger partial charge in [0, 0.05) is 32.1 Å². The molecule has 31 heavy (non-hydrogen) atoms. The number of pyridine rings is 1. The van der Waals surface area contributed by atoms with E-state index in [-0.39, 0.29) is 24.5 Å². The van der Waals surface area contributed by atoms with Gasteiger partial charge in [-0.2, -0.15) is 0 Å². The number of hydrogen-bond donors (Lipinski definition) is 2. The van der Waals surface area contributed by atoms with Crippen LogP contribution in [0.3, 0.4) is 0 Å². The Labute approximate surface area is 181 Å². The van der Waals surface area contributed by atoms with Crippen molar-refractivity contribution in [2.45, 2.75) is 25.4 Å². The van der Waals surface area contributed by atoms with Crippen LogP contribution in [-0.4, -0.2) is 48.4 Å². The lowest BCUT2D eigenvalue weighted by Gasteiger charge is -2.13. The minimum Gasteiger partial charge on any atom is -0.484 e. The van der Waals surface area contributed by atoms with Gasteiger partial charge in [0.25, 0.3) is 11.8 Å². The molecular formula is C24H26N4O3. The molecule has 7 nitrogen and oxygen atoms in total. The highest BCUT2D eigenvalue weighted by molar-refractivity contribution is 6.07. The normalized spacial score (nSPS) is 13.0. The van der Waals surface area contributed by atoms with Gasteiger partial charge in [-0.1, -0.05) is 30.3 Å². The molecule has 1 aliphatic rings. The maximum atomic E-state index is 12.7. The van der Waals surface area contributed by atoms with Crippen LogP contribution < -0.4 is 15.4 Å². The largest absolute Gasteiger partial charge is 0.484 e. The topological polar surface area (TPSA) is 83.6 Å². The molecule has 0 saturated heterocycles. The van der Waals surface area contributed by atoms with E-state index in [1.54, 1.807) is 20.2 Å². The van der Waals surface area contributed by atoms with E-state index < -0.39 is 0 Å². The second kappa shape index (κ2) is 9.04. The van der Waals surface area contributed by atoms with Crippen LogP contribution in [0, 0.1) is 0 Å². The molecule has 3 aromatic rings. The molecule has 1 saturated carbocycles. The SMILES string of the molecule is CN(C)C(=O)COc1cccc(CNc2cc(C(=O)NC3CC3)c3ccccc3n2)c1. The van der Waals surface area contributed by atoms with Crippen molar-refractivity contribution in [2.24, 2.45) is 0 Å². The lowest BCUT2D eigenvalue weighted by Crippen LogP contribution is -2.27. The number of para-hydroxylation sites is 1. The van der Waals surface area contributed by atoms with Crippen molar-refractivity contribution in [3.8, 4) is 5.75 Å². The monoisotopic (exact) mass is 418 g/mol. The summed E-state index contributed by atoms with van der Waals surface area (Å²) >= 11 is 0. The van der Waals surface area contributed by atoms with E-state index in [4.69, 9.17) is 4.74 Å². The molecule has 0 unspecified atom stereocenters. The maximum Gasteiger partial charge on any atom is 0.259 e. The number of benzene rings is 2. The summed E-state index contributed by atoms with van der Waals surface area (Å²) in [6.07, 6.45) is 2.08. The zero-order valence-corrected chi connectivity index (χ0v) is 17.7. The Morgan fingerprint density at radius 1 is 1.10 bits per heavy atom. The number of hydrogen-bond acceptors (Lipinski definition) is 5. The minimum atomic E-state index is -0.0964. The van der Waals surface area contributed by atoms with E-state index in [9.17, 15) is 9.59 Å². The van der Waals surface area contributed by atoms with Crippen LogP contribution >= 0.6 is 0 Å². The van der Waals surface area contributed by atoms with Gasteiger partial charge >= 0.3 is 0 Å². The lowest BCUT2D eigenvalue weighted by molar-refractivity contribution is -0.130. The summed E-state index contributed by atoms with van der Waals surface area (Å²) in [5, 5.41) is 7.21. The van der Waals surface area contributed by atoms with Crippen molar-refractivity contribution >= 4 is 28.5 Å². The van der Waals surface area contributed by atoms with Crippen LogP contribution in [-0.2, 0) is 11.3 Å². The molecule has 160 valence electrons. The Hall–Kier alpha value is -3.61. The van der Waals surface area contributed by atoms with Crippen LogP contribution in [0.4, 0.5) is 5.82 Å². The first-order valence-corrected chi connectivity index (χ1v) is 10.4. The number of anilines is 1. The molecule has 0 radical (unpaired) electrons. The zero-order chi connectivity index (χ0) is 21.8. The predicted molar refractivity (Wildman–Crippen MR) is 120 cm³/mol. The van der Waals surface area contributed by atoms with Gasteiger partial charge in [-0.3, -0.25) is 9.59 Å². The third kappa shape index (κ3) is 5.31. The fraction of sp³-hybridized carbons (Fsp3) is 0.292. The number of fused-ring (bicyclic) bond motifs is 1. The molecule has 7 heteroatoms. The zero-order valence-electron chi connectivity index (χ0n) is 17.7. The van der Waals surface area contributed by atoms with Crippen molar-refractivity contribution < 1.29 is 14.3 Å². The maximum absolute atomic E-state index is 12.7. The second-order valence-corrected chi connectivity index (χ2v) is 7.90. The van der Waals surface area contributed by atoms with E-state index >= 15 is 0 Å². The fourth-order valence-electron chi connectivity index (χ4n) is 3.16. The molecule has 1 heterocycles. The average Bonchev–Trinajstić information content (AvgIpc) is 3.59. The van der Waals surface area contributed by atoms with Gasteiger partial charge in [0.05, 0.1) is 11.1 Å². The minimum absolute atomic E-state index is 0.00439. The van der Waals surface area contributed by atoms with E-state index in [0.717, 1.165) is 29.3 Å². The Morgan fingerprint density at radius 3 is 2.68 bits per heavy atom. The summed E-state index contributed by atoms with van der Waals surface area (Å²) in [4.78, 5) is 30.6. The number of carbonyl (C=O) groups is 2. The van der Waals surface area contributed by atoms with Gasteiger partial charge in [-0.25, -0.2) is 4.98 Å². The smallest absolute Gasteiger partial charge is 0.259 e. The first-order chi connectivity index (χ1) is 15.0. The second-order valence-electron chi connectivity index (χ2n) is 7.90. The van der Waals surface area contributed by atoms with Crippen LogP contribution in [0.2, 0.25) is 0 Å². The summed E-state index contributed by atoms with van der Waals surface area (Å²) in [5.74, 6) is 1.10. The standard InChI is InChI=1S/C24H26N4O3/c1-28(2)23(29)15-31-18-7-5-6-16(12-18)14-25-22-13-20(24(30)26-17-10-11-17)19-8-3-4-9-21(19)27-22/h3-9,12-13,17H,10-11,14-15H2,1-2H3,(H,25,27)(H,26,30). The van der Waals surface area contributed by atoms with E-state index in [1.807, 2.05) is 48.5 Å². The van der Waals surface area contributed by atoms with Crippen molar-refractivity contribution in [2.75, 3.05) is 26.0 Å². The molecule has 0 aliphatic heterocycles. The summed E-state index contributed by atoms with van der Waals surface area (Å²) in [5.41, 5.74) is 2.38. The third-order valence-corrected chi connectivity index (χ3v) is 5.11. The molecule has 0 atom stereocenters. The van der Waals surface area contributed by atoms with Crippen molar-refractivity contribution in [1.29, 1.82) is 0 Å². The third-order valence-electron chi connectivity index (χ3n) is 5.11. The van der Waals surface area contributed by atoms with Crippen LogP contribution in [0.1, 0.15) is 28.8 Å². The molecular weight excluding hydrogens is 392 g/mol. The summed E-state index contributed by atoms with van der Waals surface area (Å²) in [6.45, 7) is 0.503. The molecule has 1 fully saturated rings. The number of nitrogens with zero attached hydrogens (tertiary/aromatic N) is 2. The summed E-state index contributed by atoms with van der Waals surface area (Å²) < 4.78 is 5.59. The number of amides is 2. The Bertz CT molecular complexity index is 1110. The number of likely N-dealkylation sites (N-methyl/N-ethyl adjacent to an activating group) is 1. The Morgan fingerprint density at radius 2 is 1.90 bits per heavy atom. The van der Waals surface area contributed by atoms with E-state index in [0.29, 0.717) is 23.7 Å². The molecule has 2 aromatic carbocycles. The van der Waals surface area contributed by atoms with Crippen molar-refractivity contribution in [1.82, 2.24) is 15.2 Å². The average molecular weight is 418 g/mol. The van der Waals surface area contributed by atoms with Crippen molar-refractivity contribution in [3.63, 3.8) is 0 Å². The summed E-state index contributed by atoms with van der Waals surface area (Å²) in [6, 6.07) is 17.3. The Kier molecular flexibility index (Phi) is 6.02. The molecule has 0 spiro atoms. The van der Waals surface area contributed by atoms with Gasteiger partial charge in [0.15, 0.2) is 6.61 Å². The van der Waals surface area contributed by atoms with Gasteiger partial charge < -0.3 is 20.3 Å². The first-order valence-electron chi connectivity index (χ1n) is 10.4. The molecule has 1 aromatic heterocycles. The first kappa shape index (κ1) is 20.7. The summed E-state index contributed by atoms with van der Waals surface area (Å²) in [7, 11) is 3.39. The Balaban J connectivity index is 1.48. The van der Waals surface area contributed by atoms with Gasteiger partial charge in [0.2, 0.25) is 0 Å². The number of rotatable bonds is 8. The van der Waals surface area contributed by atoms with Gasteiger partial charge in [-0.05, 0) is 42.7 Å². The highest BCUT2D eigenvalue weighted by atomic mass is 16.5. The van der Waals surface area contributed by atoms with Crippen LogP contribution in [0.25, 0.3) is 10.9 Å². The molecule has 1 aliphatic carbocycles. The number of nitrogens with one attached hydrogen (secondary N) is 2. The number of aromatic nitrogens is 1. The highest BCUT2D eigenvalue weighted by Gasteiger charge is 2.25. The fourth-order valence-corrected chi connectivity index (χ4v) is 3.16. The molecule has 4 rings (SSSR count).